The number of hydrogen-bond donors (Lipinski definition) is 1. The molecule has 0 fully saturated rings. The molecule has 3 aromatic rings. The molecule has 3 rings (SSSR count). The van der Waals surface area contributed by atoms with Gasteiger partial charge in [-0.3, -0.25) is 4.98 Å². The maximum atomic E-state index is 5.80. The number of nitrogens with zero attached hydrogens (tertiary/aromatic N) is 5. The van der Waals surface area contributed by atoms with E-state index in [1.165, 1.54) is 6.33 Å². The number of nitrogens with one attached hydrogen (secondary N) is 1. The molecule has 0 spiro atoms. The number of methoxy groups -OCH3 is 1. The molecule has 0 aliphatic carbocycles. The summed E-state index contributed by atoms with van der Waals surface area (Å²) in [5.41, 5.74) is 2.96. The van der Waals surface area contributed by atoms with Crippen molar-refractivity contribution in [1.29, 1.82) is 0 Å². The monoisotopic (exact) mass is 368 g/mol. The quantitative estimate of drug-likeness (QED) is 0.459. The second-order valence-electron chi connectivity index (χ2n) is 5.97. The smallest absolute Gasteiger partial charge is 0.260 e. The highest BCUT2D eigenvalue weighted by molar-refractivity contribution is 5.68. The average molecular weight is 368 g/mol. The summed E-state index contributed by atoms with van der Waals surface area (Å²) < 4.78 is 13.0. The van der Waals surface area contributed by atoms with Gasteiger partial charge in [0.15, 0.2) is 0 Å². The molecule has 0 bridgehead atoms. The zero-order valence-electron chi connectivity index (χ0n) is 15.8. The van der Waals surface area contributed by atoms with Crippen LogP contribution in [0.25, 0.3) is 16.9 Å². The molecule has 8 heteroatoms. The minimum atomic E-state index is 0.109. The fraction of sp³-hybridized carbons (Fsp3) is 0.368. The van der Waals surface area contributed by atoms with Crippen LogP contribution in [0.4, 0.5) is 0 Å². The molecule has 1 atom stereocenters. The molecule has 0 saturated heterocycles. The van der Waals surface area contributed by atoms with Crippen molar-refractivity contribution < 1.29 is 9.47 Å². The molecule has 142 valence electrons. The van der Waals surface area contributed by atoms with Gasteiger partial charge in [-0.05, 0) is 26.0 Å². The molecule has 3 heterocycles. The van der Waals surface area contributed by atoms with E-state index in [0.717, 1.165) is 24.2 Å². The first kappa shape index (κ1) is 18.8. The molecule has 3 aromatic heterocycles. The number of hydrogen-bond acceptors (Lipinski definition) is 7. The van der Waals surface area contributed by atoms with Crippen LogP contribution in [0, 0.1) is 0 Å². The van der Waals surface area contributed by atoms with Gasteiger partial charge in [-0.2, -0.15) is 5.10 Å². The van der Waals surface area contributed by atoms with E-state index in [9.17, 15) is 0 Å². The topological polar surface area (TPSA) is 86.5 Å². The second kappa shape index (κ2) is 8.59. The van der Waals surface area contributed by atoms with Gasteiger partial charge in [0, 0.05) is 11.6 Å². The summed E-state index contributed by atoms with van der Waals surface area (Å²) in [7, 11) is 1.61. The summed E-state index contributed by atoms with van der Waals surface area (Å²) in [5.74, 6) is 1.05. The number of pyridine rings is 1. The van der Waals surface area contributed by atoms with E-state index in [4.69, 9.17) is 9.47 Å². The number of rotatable bonds is 9. The van der Waals surface area contributed by atoms with Crippen molar-refractivity contribution in [2.75, 3.05) is 20.3 Å². The third-order valence-electron chi connectivity index (χ3n) is 4.13. The third-order valence-corrected chi connectivity index (χ3v) is 4.13. The predicted molar refractivity (Wildman–Crippen MR) is 103 cm³/mol. The van der Waals surface area contributed by atoms with Crippen LogP contribution in [0.15, 0.2) is 37.4 Å². The minimum Gasteiger partial charge on any atom is -0.494 e. The lowest BCUT2D eigenvalue weighted by Crippen LogP contribution is -2.18. The Morgan fingerprint density at radius 2 is 2.22 bits per heavy atom. The van der Waals surface area contributed by atoms with E-state index in [1.54, 1.807) is 23.9 Å². The Balaban J connectivity index is 2.07. The van der Waals surface area contributed by atoms with Crippen LogP contribution in [-0.4, -0.2) is 44.8 Å². The highest BCUT2D eigenvalue weighted by Crippen LogP contribution is 2.31. The van der Waals surface area contributed by atoms with E-state index >= 15 is 0 Å². The first-order valence-corrected chi connectivity index (χ1v) is 8.89. The van der Waals surface area contributed by atoms with Crippen LogP contribution in [0.1, 0.15) is 32.0 Å². The van der Waals surface area contributed by atoms with Crippen LogP contribution in [0.3, 0.4) is 0 Å². The van der Waals surface area contributed by atoms with Crippen LogP contribution in [0.5, 0.6) is 11.6 Å². The van der Waals surface area contributed by atoms with Gasteiger partial charge in [0.1, 0.15) is 12.1 Å². The summed E-state index contributed by atoms with van der Waals surface area (Å²) in [5, 5.41) is 7.60. The summed E-state index contributed by atoms with van der Waals surface area (Å²) in [6.45, 7) is 9.17. The van der Waals surface area contributed by atoms with Gasteiger partial charge in [0.2, 0.25) is 5.65 Å². The lowest BCUT2D eigenvalue weighted by atomic mass is 10.1. The standard InChI is InChI=1S/C19H24N6O2/c1-5-7-8-27-19-18-22-12-23-25(18)11-16(24-19)14-9-15(13(3)20-6-2)21-10-17(14)26-4/h5,9-13,20H,1,6-8H2,2-4H3/t13-/m1/s1. The van der Waals surface area contributed by atoms with E-state index in [2.05, 4.69) is 45.8 Å². The maximum Gasteiger partial charge on any atom is 0.260 e. The Morgan fingerprint density at radius 1 is 1.37 bits per heavy atom. The van der Waals surface area contributed by atoms with Gasteiger partial charge in [-0.25, -0.2) is 14.5 Å². The lowest BCUT2D eigenvalue weighted by Gasteiger charge is -2.15. The highest BCUT2D eigenvalue weighted by Gasteiger charge is 2.17. The van der Waals surface area contributed by atoms with E-state index < -0.39 is 0 Å². The van der Waals surface area contributed by atoms with Gasteiger partial charge in [0.05, 0.1) is 37.5 Å². The summed E-state index contributed by atoms with van der Waals surface area (Å²) >= 11 is 0. The first-order chi connectivity index (χ1) is 13.2. The summed E-state index contributed by atoms with van der Waals surface area (Å²) in [4.78, 5) is 13.4. The first-order valence-electron chi connectivity index (χ1n) is 8.89. The number of ether oxygens (including phenoxy) is 2. The highest BCUT2D eigenvalue weighted by atomic mass is 16.5. The lowest BCUT2D eigenvalue weighted by molar-refractivity contribution is 0.314. The van der Waals surface area contributed by atoms with Crippen LogP contribution in [0.2, 0.25) is 0 Å². The Morgan fingerprint density at radius 3 is 2.96 bits per heavy atom. The predicted octanol–water partition coefficient (Wildman–Crippen LogP) is 2.82. The van der Waals surface area contributed by atoms with E-state index in [1.807, 2.05) is 12.3 Å². The molecule has 27 heavy (non-hydrogen) atoms. The second-order valence-corrected chi connectivity index (χ2v) is 5.97. The Hall–Kier alpha value is -3.00. The molecule has 0 radical (unpaired) electrons. The zero-order chi connectivity index (χ0) is 19.2. The fourth-order valence-corrected chi connectivity index (χ4v) is 2.74. The largest absolute Gasteiger partial charge is 0.494 e. The molecule has 0 unspecified atom stereocenters. The van der Waals surface area contributed by atoms with Gasteiger partial charge >= 0.3 is 0 Å². The third kappa shape index (κ3) is 4.06. The Labute approximate surface area is 158 Å². The SMILES string of the molecule is C=CCCOc1nc(-c2cc([C@@H](C)NCC)ncc2OC)cn2ncnc12. The van der Waals surface area contributed by atoms with Crippen molar-refractivity contribution in [2.24, 2.45) is 0 Å². The van der Waals surface area contributed by atoms with Crippen LogP contribution >= 0.6 is 0 Å². The van der Waals surface area contributed by atoms with Crippen molar-refractivity contribution in [3.8, 4) is 22.9 Å². The van der Waals surface area contributed by atoms with Gasteiger partial charge in [0.25, 0.3) is 5.88 Å². The summed E-state index contributed by atoms with van der Waals surface area (Å²) in [6.07, 6.45) is 7.51. The van der Waals surface area contributed by atoms with Crippen LogP contribution in [-0.2, 0) is 0 Å². The van der Waals surface area contributed by atoms with Crippen molar-refractivity contribution in [3.05, 3.63) is 43.1 Å². The summed E-state index contributed by atoms with van der Waals surface area (Å²) in [6, 6.07) is 2.09. The van der Waals surface area contributed by atoms with Gasteiger partial charge in [-0.15, -0.1) is 6.58 Å². The van der Waals surface area contributed by atoms with Crippen LogP contribution < -0.4 is 14.8 Å². The van der Waals surface area contributed by atoms with Crippen molar-refractivity contribution in [2.45, 2.75) is 26.3 Å². The molecule has 0 saturated carbocycles. The zero-order valence-corrected chi connectivity index (χ0v) is 15.8. The Bertz CT molecular complexity index is 924. The minimum absolute atomic E-state index is 0.109. The maximum absolute atomic E-state index is 5.80. The van der Waals surface area contributed by atoms with Crippen molar-refractivity contribution in [1.82, 2.24) is 29.9 Å². The molecule has 0 aromatic carbocycles. The molecular formula is C19H24N6O2. The molecule has 8 nitrogen and oxygen atoms in total. The Kier molecular flexibility index (Phi) is 5.97. The fourth-order valence-electron chi connectivity index (χ4n) is 2.74. The normalized spacial score (nSPS) is 12.1. The number of fused-ring (bicyclic) bond motifs is 1. The molecular weight excluding hydrogens is 344 g/mol. The van der Waals surface area contributed by atoms with Gasteiger partial charge < -0.3 is 14.8 Å². The average Bonchev–Trinajstić information content (AvgIpc) is 3.16. The van der Waals surface area contributed by atoms with Gasteiger partial charge in [-0.1, -0.05) is 13.0 Å². The van der Waals surface area contributed by atoms with Crippen molar-refractivity contribution >= 4 is 5.65 Å². The van der Waals surface area contributed by atoms with Crippen molar-refractivity contribution in [3.63, 3.8) is 0 Å². The van der Waals surface area contributed by atoms with E-state index in [0.29, 0.717) is 29.6 Å². The molecule has 0 amide bonds. The number of aromatic nitrogens is 5. The van der Waals surface area contributed by atoms with E-state index in [-0.39, 0.29) is 6.04 Å². The molecule has 1 N–H and O–H groups in total. The molecule has 0 aliphatic rings. The molecule has 0 aliphatic heterocycles.